The zero-order valence-electron chi connectivity index (χ0n) is 27.7. The Morgan fingerprint density at radius 1 is 0.600 bits per heavy atom. The molecule has 0 bridgehead atoms. The fourth-order valence-corrected chi connectivity index (χ4v) is 6.38. The number of hydrogen-bond acceptors (Lipinski definition) is 8. The molecule has 5 aromatic heterocycles. The normalized spacial score (nSPS) is 11.9. The van der Waals surface area contributed by atoms with Gasteiger partial charge in [-0.05, 0) is 71.3 Å². The van der Waals surface area contributed by atoms with Crippen LogP contribution in [0.25, 0.3) is 66.1 Å². The van der Waals surface area contributed by atoms with Gasteiger partial charge in [-0.3, -0.25) is 29.9 Å². The molecule has 9 rings (SSSR count). The molecule has 4 aromatic carbocycles. The van der Waals surface area contributed by atoms with E-state index < -0.39 is 0 Å². The SMILES string of the molecule is CC(Nc1cc(-c2ccc3ccn(C)c3c2)c2nccnc2c1)c1cnccn1.Cn1ccc2ccc(-c3cc(O)cc4nccnc34)cc21. The molecule has 0 fully saturated rings. The predicted octanol–water partition coefficient (Wildman–Crippen LogP) is 8.25. The van der Waals surface area contributed by atoms with Crippen molar-refractivity contribution in [2.45, 2.75) is 13.0 Å². The summed E-state index contributed by atoms with van der Waals surface area (Å²) in [5, 5.41) is 15.9. The van der Waals surface area contributed by atoms with Gasteiger partial charge in [0, 0.05) is 97.6 Å². The van der Waals surface area contributed by atoms with E-state index >= 15 is 0 Å². The van der Waals surface area contributed by atoms with Crippen molar-refractivity contribution in [2.75, 3.05) is 5.32 Å². The number of aromatic hydroxyl groups is 1. The van der Waals surface area contributed by atoms with E-state index in [9.17, 15) is 5.11 Å². The molecule has 0 amide bonds. The van der Waals surface area contributed by atoms with Crippen molar-refractivity contribution in [2.24, 2.45) is 14.1 Å². The molecule has 0 aliphatic heterocycles. The Morgan fingerprint density at radius 3 is 1.76 bits per heavy atom. The number of benzene rings is 4. The van der Waals surface area contributed by atoms with Gasteiger partial charge in [-0.1, -0.05) is 24.3 Å². The molecule has 0 saturated heterocycles. The molecule has 1 unspecified atom stereocenters. The van der Waals surface area contributed by atoms with E-state index in [2.05, 4.69) is 113 Å². The molecule has 5 heterocycles. The van der Waals surface area contributed by atoms with Gasteiger partial charge in [0.05, 0.1) is 40.0 Å². The third-order valence-corrected chi connectivity index (χ3v) is 8.94. The summed E-state index contributed by atoms with van der Waals surface area (Å²) in [6.07, 6.45) is 16.0. The lowest BCUT2D eigenvalue weighted by molar-refractivity contribution is 0.476. The maximum atomic E-state index is 9.93. The van der Waals surface area contributed by atoms with Crippen molar-refractivity contribution in [1.29, 1.82) is 0 Å². The largest absolute Gasteiger partial charge is 0.508 e. The smallest absolute Gasteiger partial charge is 0.118 e. The van der Waals surface area contributed by atoms with Gasteiger partial charge in [-0.25, -0.2) is 0 Å². The molecular formula is C40H33N9O. The van der Waals surface area contributed by atoms with E-state index in [4.69, 9.17) is 0 Å². The molecule has 0 saturated carbocycles. The highest BCUT2D eigenvalue weighted by atomic mass is 16.3. The second kappa shape index (κ2) is 12.7. The summed E-state index contributed by atoms with van der Waals surface area (Å²) in [5.74, 6) is 0.199. The zero-order valence-corrected chi connectivity index (χ0v) is 27.7. The molecule has 0 radical (unpaired) electrons. The van der Waals surface area contributed by atoms with Crippen LogP contribution in [0.15, 0.2) is 129 Å². The van der Waals surface area contributed by atoms with Crippen molar-refractivity contribution in [3.05, 3.63) is 134 Å². The highest BCUT2D eigenvalue weighted by molar-refractivity contribution is 5.97. The van der Waals surface area contributed by atoms with Gasteiger partial charge in [0.25, 0.3) is 0 Å². The van der Waals surface area contributed by atoms with E-state index in [0.29, 0.717) is 5.52 Å². The number of rotatable bonds is 5. The van der Waals surface area contributed by atoms with Crippen LogP contribution in [0, 0.1) is 0 Å². The number of phenolic OH excluding ortho intramolecular Hbond substituents is 1. The van der Waals surface area contributed by atoms with Crippen LogP contribution in [0.1, 0.15) is 18.7 Å². The Morgan fingerprint density at radius 2 is 1.16 bits per heavy atom. The Labute approximate surface area is 287 Å². The van der Waals surface area contributed by atoms with Crippen LogP contribution < -0.4 is 5.32 Å². The third kappa shape index (κ3) is 5.83. The minimum Gasteiger partial charge on any atom is -0.508 e. The molecule has 9 aromatic rings. The van der Waals surface area contributed by atoms with Crippen LogP contribution in [-0.2, 0) is 14.1 Å². The van der Waals surface area contributed by atoms with Gasteiger partial charge in [-0.2, -0.15) is 0 Å². The molecule has 1 atom stereocenters. The van der Waals surface area contributed by atoms with Gasteiger partial charge in [0.1, 0.15) is 5.75 Å². The first kappa shape index (κ1) is 30.6. The monoisotopic (exact) mass is 655 g/mol. The summed E-state index contributed by atoms with van der Waals surface area (Å²) < 4.78 is 4.21. The van der Waals surface area contributed by atoms with Crippen molar-refractivity contribution in [3.63, 3.8) is 0 Å². The number of aromatic nitrogens is 8. The lowest BCUT2D eigenvalue weighted by Crippen LogP contribution is -2.09. The molecule has 50 heavy (non-hydrogen) atoms. The van der Waals surface area contributed by atoms with E-state index in [0.717, 1.165) is 55.7 Å². The topological polar surface area (TPSA) is 119 Å². The quantitative estimate of drug-likeness (QED) is 0.190. The second-order valence-corrected chi connectivity index (χ2v) is 12.3. The maximum Gasteiger partial charge on any atom is 0.118 e. The van der Waals surface area contributed by atoms with Crippen molar-refractivity contribution < 1.29 is 5.11 Å². The molecule has 244 valence electrons. The number of nitrogens with one attached hydrogen (secondary N) is 1. The molecule has 10 nitrogen and oxygen atoms in total. The van der Waals surface area contributed by atoms with E-state index in [1.165, 1.54) is 16.3 Å². The number of fused-ring (bicyclic) bond motifs is 4. The Kier molecular flexibility index (Phi) is 7.81. The van der Waals surface area contributed by atoms with Gasteiger partial charge in [-0.15, -0.1) is 0 Å². The average Bonchev–Trinajstić information content (AvgIpc) is 3.72. The van der Waals surface area contributed by atoms with Crippen LogP contribution in [0.5, 0.6) is 5.75 Å². The maximum absolute atomic E-state index is 9.93. The average molecular weight is 656 g/mol. The van der Waals surface area contributed by atoms with Crippen molar-refractivity contribution in [3.8, 4) is 28.0 Å². The summed E-state index contributed by atoms with van der Waals surface area (Å²) in [7, 11) is 4.08. The van der Waals surface area contributed by atoms with Gasteiger partial charge < -0.3 is 19.6 Å². The first-order valence-electron chi connectivity index (χ1n) is 16.2. The van der Waals surface area contributed by atoms with Gasteiger partial charge in [0.2, 0.25) is 0 Å². The Bertz CT molecular complexity index is 2650. The molecule has 0 spiro atoms. The minimum atomic E-state index is 0.0148. The number of hydrogen-bond donors (Lipinski definition) is 2. The third-order valence-electron chi connectivity index (χ3n) is 8.94. The molecular weight excluding hydrogens is 623 g/mol. The van der Waals surface area contributed by atoms with Crippen molar-refractivity contribution >= 4 is 49.6 Å². The van der Waals surface area contributed by atoms with Crippen LogP contribution in [0.4, 0.5) is 5.69 Å². The number of anilines is 1. The second-order valence-electron chi connectivity index (χ2n) is 12.3. The predicted molar refractivity (Wildman–Crippen MR) is 199 cm³/mol. The van der Waals surface area contributed by atoms with E-state index in [1.54, 1.807) is 55.5 Å². The molecule has 10 heteroatoms. The van der Waals surface area contributed by atoms with Crippen LogP contribution in [0.3, 0.4) is 0 Å². The Balaban J connectivity index is 0.000000152. The standard InChI is InChI=1S/C23H20N6.C17H13N3O/c1-15(21-14-24-6-7-26-21)28-18-12-19(23-20(13-18)25-8-9-27-23)17-4-3-16-5-10-29(2)22(16)11-17;1-20-7-4-11-2-3-12(8-16(11)20)14-9-13(21)10-15-17(14)19-6-5-18-15/h3-15,28H,1-2H3;2-10,21H,1H3. The summed E-state index contributed by atoms with van der Waals surface area (Å²) >= 11 is 0. The fourth-order valence-electron chi connectivity index (χ4n) is 6.38. The summed E-state index contributed by atoms with van der Waals surface area (Å²) in [4.78, 5) is 26.4. The lowest BCUT2D eigenvalue weighted by Gasteiger charge is -2.16. The first-order chi connectivity index (χ1) is 24.4. The number of nitrogens with zero attached hydrogens (tertiary/aromatic N) is 8. The first-order valence-corrected chi connectivity index (χ1v) is 16.2. The van der Waals surface area contributed by atoms with Gasteiger partial charge in [0.15, 0.2) is 0 Å². The Hall–Kier alpha value is -6.68. The highest BCUT2D eigenvalue weighted by Crippen LogP contribution is 2.34. The van der Waals surface area contributed by atoms with Crippen LogP contribution in [0.2, 0.25) is 0 Å². The van der Waals surface area contributed by atoms with Gasteiger partial charge >= 0.3 is 0 Å². The van der Waals surface area contributed by atoms with Crippen LogP contribution >= 0.6 is 0 Å². The summed E-state index contributed by atoms with van der Waals surface area (Å²) in [6.45, 7) is 2.07. The van der Waals surface area contributed by atoms with Crippen molar-refractivity contribution in [1.82, 2.24) is 39.0 Å². The van der Waals surface area contributed by atoms with Crippen LogP contribution in [-0.4, -0.2) is 44.1 Å². The lowest BCUT2D eigenvalue weighted by atomic mass is 10.0. The summed E-state index contributed by atoms with van der Waals surface area (Å²) in [5.41, 5.74) is 11.5. The molecule has 0 aliphatic carbocycles. The highest BCUT2D eigenvalue weighted by Gasteiger charge is 2.14. The number of aryl methyl sites for hydroxylation is 2. The minimum absolute atomic E-state index is 0.0148. The molecule has 0 aliphatic rings. The van der Waals surface area contributed by atoms with E-state index in [-0.39, 0.29) is 11.8 Å². The zero-order chi connectivity index (χ0) is 34.2. The van der Waals surface area contributed by atoms with E-state index in [1.807, 2.05) is 25.4 Å². The number of phenols is 1. The summed E-state index contributed by atoms with van der Waals surface area (Å²) in [6, 6.07) is 24.5. The molecule has 2 N–H and O–H groups in total. The fraction of sp³-hybridized carbons (Fsp3) is 0.100.